The molecule has 0 aromatic heterocycles. The third-order valence-corrected chi connectivity index (χ3v) is 6.02. The lowest BCUT2D eigenvalue weighted by atomic mass is 10.2. The summed E-state index contributed by atoms with van der Waals surface area (Å²) in [6.45, 7) is 8.32. The van der Waals surface area contributed by atoms with Crippen molar-refractivity contribution in [1.29, 1.82) is 0 Å². The Bertz CT molecular complexity index is 336. The van der Waals surface area contributed by atoms with E-state index in [1.807, 2.05) is 6.92 Å². The fourth-order valence-electron chi connectivity index (χ4n) is 2.14. The molecule has 1 atom stereocenters. The lowest BCUT2D eigenvalue weighted by Crippen LogP contribution is -2.66. The molecule has 9 heteroatoms. The van der Waals surface area contributed by atoms with Gasteiger partial charge in [0.05, 0.1) is 6.42 Å². The van der Waals surface area contributed by atoms with E-state index >= 15 is 0 Å². The average Bonchev–Trinajstić information content (AvgIpc) is 2.43. The first kappa shape index (κ1) is 21.0. The lowest BCUT2D eigenvalue weighted by molar-refractivity contribution is -0.150. The van der Waals surface area contributed by atoms with Crippen molar-refractivity contribution in [2.24, 2.45) is 0 Å². The van der Waals surface area contributed by atoms with E-state index in [0.29, 0.717) is 13.0 Å². The molecule has 0 aliphatic heterocycles. The van der Waals surface area contributed by atoms with Crippen LogP contribution in [-0.4, -0.2) is 68.1 Å². The minimum Gasteiger partial charge on any atom is -0.481 e. The zero-order valence-corrected chi connectivity index (χ0v) is 14.7. The first-order valence-electron chi connectivity index (χ1n) is 7.51. The van der Waals surface area contributed by atoms with Gasteiger partial charge in [0.15, 0.2) is 0 Å². The minimum absolute atomic E-state index is 0.284. The Balaban J connectivity index is 5.73. The molecule has 0 aliphatic rings. The van der Waals surface area contributed by atoms with E-state index in [1.165, 1.54) is 4.57 Å². The molecule has 0 rings (SSSR count). The number of rotatable bonds is 13. The van der Waals surface area contributed by atoms with Crippen molar-refractivity contribution in [1.82, 2.24) is 4.57 Å². The number of hydrogen-bond acceptors (Lipinski definition) is 6. The molecular formula is C13H27NO7Si. The maximum absolute atomic E-state index is 11.6. The minimum atomic E-state index is -3.45. The maximum atomic E-state index is 11.6. The van der Waals surface area contributed by atoms with Crippen LogP contribution in [0, 0.1) is 0 Å². The Kier molecular flexibility index (Phi) is 10.2. The molecule has 8 nitrogen and oxygen atoms in total. The third kappa shape index (κ3) is 6.01. The van der Waals surface area contributed by atoms with E-state index in [-0.39, 0.29) is 19.8 Å². The summed E-state index contributed by atoms with van der Waals surface area (Å²) in [5, 5.41) is 18.4. The summed E-state index contributed by atoms with van der Waals surface area (Å²) in [5.41, 5.74) is 0. The molecule has 0 spiro atoms. The van der Waals surface area contributed by atoms with E-state index < -0.39 is 33.4 Å². The van der Waals surface area contributed by atoms with Gasteiger partial charge in [0, 0.05) is 19.8 Å². The van der Waals surface area contributed by atoms with Crippen molar-refractivity contribution >= 4 is 20.9 Å². The number of carboxylic acids is 2. The van der Waals surface area contributed by atoms with Crippen LogP contribution in [0.5, 0.6) is 0 Å². The van der Waals surface area contributed by atoms with Crippen LogP contribution >= 0.6 is 0 Å². The Labute approximate surface area is 132 Å². The third-order valence-electron chi connectivity index (χ3n) is 2.83. The van der Waals surface area contributed by atoms with Crippen LogP contribution in [0.1, 0.15) is 40.5 Å². The van der Waals surface area contributed by atoms with Gasteiger partial charge in [0.1, 0.15) is 6.04 Å². The monoisotopic (exact) mass is 337 g/mol. The fourth-order valence-corrected chi connectivity index (χ4v) is 5.06. The molecular weight excluding hydrogens is 310 g/mol. The predicted molar refractivity (Wildman–Crippen MR) is 81.3 cm³/mol. The smallest absolute Gasteiger partial charge is 0.481 e. The zero-order chi connectivity index (χ0) is 17.2. The van der Waals surface area contributed by atoms with Crippen LogP contribution in [0.15, 0.2) is 0 Å². The molecule has 0 saturated carbocycles. The van der Waals surface area contributed by atoms with Gasteiger partial charge in [-0.25, -0.2) is 4.57 Å². The first-order valence-corrected chi connectivity index (χ1v) is 9.18. The van der Waals surface area contributed by atoms with E-state index in [9.17, 15) is 14.7 Å². The second-order valence-corrected chi connectivity index (χ2v) is 6.96. The van der Waals surface area contributed by atoms with Gasteiger partial charge >= 0.3 is 20.9 Å². The predicted octanol–water partition coefficient (Wildman–Crippen LogP) is 1.17. The molecule has 0 fully saturated rings. The highest BCUT2D eigenvalue weighted by atomic mass is 28.4. The van der Waals surface area contributed by atoms with Gasteiger partial charge in [-0.15, -0.1) is 0 Å². The lowest BCUT2D eigenvalue weighted by Gasteiger charge is -2.40. The molecule has 0 amide bonds. The van der Waals surface area contributed by atoms with Gasteiger partial charge in [-0.1, -0.05) is 6.92 Å². The van der Waals surface area contributed by atoms with E-state index in [4.69, 9.17) is 18.4 Å². The highest BCUT2D eigenvalue weighted by Crippen LogP contribution is 2.22. The summed E-state index contributed by atoms with van der Waals surface area (Å²) >= 11 is 0. The number of nitrogens with zero attached hydrogens (tertiary/aromatic N) is 1. The van der Waals surface area contributed by atoms with E-state index in [0.717, 1.165) is 0 Å². The summed E-state index contributed by atoms with van der Waals surface area (Å²) in [6, 6.07) is -1.26. The van der Waals surface area contributed by atoms with Crippen LogP contribution in [0.3, 0.4) is 0 Å². The number of carbonyl (C=O) groups is 2. The largest absolute Gasteiger partial charge is 0.600 e. The highest BCUT2D eigenvalue weighted by molar-refractivity contribution is 6.58. The Morgan fingerprint density at radius 3 is 1.73 bits per heavy atom. The molecule has 2 N–H and O–H groups in total. The molecule has 0 aromatic rings. The normalized spacial score (nSPS) is 13.3. The summed E-state index contributed by atoms with van der Waals surface area (Å²) in [6.07, 6.45) is 0.0721. The highest BCUT2D eigenvalue weighted by Gasteiger charge is 2.53. The van der Waals surface area contributed by atoms with Crippen molar-refractivity contribution in [3.63, 3.8) is 0 Å². The van der Waals surface area contributed by atoms with Crippen molar-refractivity contribution in [3.05, 3.63) is 0 Å². The molecule has 0 heterocycles. The zero-order valence-electron chi connectivity index (χ0n) is 13.7. The summed E-state index contributed by atoms with van der Waals surface area (Å²) in [4.78, 5) is 22.6. The summed E-state index contributed by atoms with van der Waals surface area (Å²) in [7, 11) is -3.45. The molecule has 0 aromatic carbocycles. The van der Waals surface area contributed by atoms with Crippen molar-refractivity contribution in [3.8, 4) is 0 Å². The summed E-state index contributed by atoms with van der Waals surface area (Å²) in [5.74, 6) is -2.42. The molecule has 0 aliphatic carbocycles. The molecule has 22 heavy (non-hydrogen) atoms. The Morgan fingerprint density at radius 1 is 1.00 bits per heavy atom. The van der Waals surface area contributed by atoms with Crippen LogP contribution in [0.25, 0.3) is 0 Å². The van der Waals surface area contributed by atoms with Gasteiger partial charge in [0.25, 0.3) is 0 Å². The first-order chi connectivity index (χ1) is 10.4. The van der Waals surface area contributed by atoms with Gasteiger partial charge in [-0.3, -0.25) is 9.59 Å². The quantitative estimate of drug-likeness (QED) is 0.483. The second kappa shape index (κ2) is 10.7. The van der Waals surface area contributed by atoms with Crippen LogP contribution in [-0.2, 0) is 22.9 Å². The fraction of sp³-hybridized carbons (Fsp3) is 0.846. The number of aliphatic carboxylic acids is 2. The Morgan fingerprint density at radius 2 is 1.45 bits per heavy atom. The van der Waals surface area contributed by atoms with Crippen LogP contribution in [0.4, 0.5) is 0 Å². The SMILES string of the molecule is CCCN(C(CC(=O)O)C(=O)O)[Si](OCC)(OCC)OCC. The standard InChI is InChI=1S/C13H27NO7Si/c1-5-9-14(11(13(17)18)10-12(15)16)22(19-6-2,20-7-3)21-8-4/h11H,5-10H2,1-4H3,(H,15,16)(H,17,18). The summed E-state index contributed by atoms with van der Waals surface area (Å²) < 4.78 is 18.6. The van der Waals surface area contributed by atoms with Gasteiger partial charge < -0.3 is 23.5 Å². The van der Waals surface area contributed by atoms with Crippen LogP contribution in [0.2, 0.25) is 0 Å². The van der Waals surface area contributed by atoms with Gasteiger partial charge in [-0.2, -0.15) is 0 Å². The van der Waals surface area contributed by atoms with Crippen LogP contribution < -0.4 is 0 Å². The van der Waals surface area contributed by atoms with E-state index in [2.05, 4.69) is 0 Å². The van der Waals surface area contributed by atoms with Crippen molar-refractivity contribution in [2.45, 2.75) is 46.6 Å². The molecule has 0 saturated heterocycles. The van der Waals surface area contributed by atoms with Crippen molar-refractivity contribution in [2.75, 3.05) is 26.4 Å². The van der Waals surface area contributed by atoms with E-state index in [1.54, 1.807) is 20.8 Å². The number of hydrogen-bond donors (Lipinski definition) is 2. The number of carboxylic acid groups (broad SMARTS) is 2. The van der Waals surface area contributed by atoms with Gasteiger partial charge in [0.2, 0.25) is 0 Å². The molecule has 0 bridgehead atoms. The topological polar surface area (TPSA) is 106 Å². The molecule has 130 valence electrons. The maximum Gasteiger partial charge on any atom is 0.600 e. The Hall–Kier alpha value is -1.00. The molecule has 0 radical (unpaired) electrons. The molecule has 1 unspecified atom stereocenters. The average molecular weight is 337 g/mol. The van der Waals surface area contributed by atoms with Gasteiger partial charge in [-0.05, 0) is 33.7 Å². The second-order valence-electron chi connectivity index (χ2n) is 4.47. The van der Waals surface area contributed by atoms with Crippen molar-refractivity contribution < 1.29 is 33.1 Å².